The van der Waals surface area contributed by atoms with E-state index in [9.17, 15) is 0 Å². The molecule has 1 aliphatic heterocycles. The molecule has 0 saturated carbocycles. The smallest absolute Gasteiger partial charge is 0.399 e. The van der Waals surface area contributed by atoms with E-state index in [4.69, 9.17) is 17.2 Å². The molecule has 1 saturated heterocycles. The number of hydrogen-bond donors (Lipinski definition) is 0. The lowest BCUT2D eigenvalue weighted by Gasteiger charge is -2.32. The van der Waals surface area contributed by atoms with E-state index in [1.807, 2.05) is 24.3 Å². The topological polar surface area (TPSA) is 18.5 Å². The normalized spacial score (nSPS) is 21.8. The van der Waals surface area contributed by atoms with Gasteiger partial charge in [-0.1, -0.05) is 36.1 Å². The molecule has 2 rings (SSSR count). The molecule has 1 aliphatic rings. The zero-order valence-corrected chi connectivity index (χ0v) is 11.0. The molecule has 2 nitrogen and oxygen atoms in total. The molecule has 0 aromatic heterocycles. The van der Waals surface area contributed by atoms with Crippen molar-refractivity contribution < 1.29 is 9.31 Å². The van der Waals surface area contributed by atoms with Crippen molar-refractivity contribution in [3.8, 4) is 0 Å². The highest BCUT2D eigenvalue weighted by molar-refractivity contribution is 6.62. The SMILES string of the molecule is [B]Cc1ccc(B2OC(C)(C)C(C)(C)O2)cc1. The molecular formula is C13H18B2O2. The molecule has 17 heavy (non-hydrogen) atoms. The standard InChI is InChI=1S/C13H18B2O2/c1-12(2)13(3,4)17-15(16-12)11-7-5-10(9-14)6-8-11/h5-8H,9H2,1-4H3. The van der Waals surface area contributed by atoms with E-state index in [0.29, 0.717) is 6.32 Å². The molecule has 2 radical (unpaired) electrons. The molecule has 1 heterocycles. The van der Waals surface area contributed by atoms with Crippen molar-refractivity contribution in [3.05, 3.63) is 29.8 Å². The first-order chi connectivity index (χ1) is 7.86. The quantitative estimate of drug-likeness (QED) is 0.716. The maximum atomic E-state index is 5.97. The molecule has 0 bridgehead atoms. The highest BCUT2D eigenvalue weighted by Gasteiger charge is 2.51. The fraction of sp³-hybridized carbons (Fsp3) is 0.538. The molecule has 0 amide bonds. The Bertz CT molecular complexity index is 382. The molecule has 88 valence electrons. The third-order valence-corrected chi connectivity index (χ3v) is 3.74. The first kappa shape index (κ1) is 12.7. The van der Waals surface area contributed by atoms with Crippen molar-refractivity contribution in [3.63, 3.8) is 0 Å². The van der Waals surface area contributed by atoms with Crippen LogP contribution >= 0.6 is 0 Å². The summed E-state index contributed by atoms with van der Waals surface area (Å²) in [6.07, 6.45) is 0.559. The Hall–Kier alpha value is -0.730. The van der Waals surface area contributed by atoms with E-state index in [-0.39, 0.29) is 18.3 Å². The molecule has 1 aromatic rings. The molecule has 0 aliphatic carbocycles. The Morgan fingerprint density at radius 1 is 1.00 bits per heavy atom. The van der Waals surface area contributed by atoms with E-state index in [2.05, 4.69) is 27.7 Å². The molecular weight excluding hydrogens is 210 g/mol. The Labute approximate surface area is 105 Å². The third kappa shape index (κ3) is 2.29. The molecule has 0 atom stereocenters. The highest BCUT2D eigenvalue weighted by Crippen LogP contribution is 2.36. The zero-order chi connectivity index (χ0) is 12.7. The van der Waals surface area contributed by atoms with E-state index < -0.39 is 0 Å². The van der Waals surface area contributed by atoms with Gasteiger partial charge in [-0.05, 0) is 33.2 Å². The summed E-state index contributed by atoms with van der Waals surface area (Å²) in [5.41, 5.74) is 1.58. The lowest BCUT2D eigenvalue weighted by molar-refractivity contribution is 0.00578. The monoisotopic (exact) mass is 228 g/mol. The molecule has 0 unspecified atom stereocenters. The van der Waals surface area contributed by atoms with Crippen LogP contribution < -0.4 is 5.46 Å². The summed E-state index contributed by atoms with van der Waals surface area (Å²) in [6.45, 7) is 8.23. The lowest BCUT2D eigenvalue weighted by atomic mass is 9.78. The summed E-state index contributed by atoms with van der Waals surface area (Å²) in [5.74, 6) is 0. The zero-order valence-electron chi connectivity index (χ0n) is 11.0. The van der Waals surface area contributed by atoms with Crippen LogP contribution in [0.2, 0.25) is 0 Å². The predicted octanol–water partition coefficient (Wildman–Crippen LogP) is 1.65. The Balaban J connectivity index is 2.20. The van der Waals surface area contributed by atoms with Gasteiger partial charge in [0.15, 0.2) is 0 Å². The van der Waals surface area contributed by atoms with Gasteiger partial charge in [-0.25, -0.2) is 0 Å². The van der Waals surface area contributed by atoms with Crippen LogP contribution in [0, 0.1) is 0 Å². The maximum Gasteiger partial charge on any atom is 0.494 e. The Morgan fingerprint density at radius 2 is 1.47 bits per heavy atom. The van der Waals surface area contributed by atoms with Crippen LogP contribution in [0.15, 0.2) is 24.3 Å². The Morgan fingerprint density at radius 3 is 1.88 bits per heavy atom. The van der Waals surface area contributed by atoms with Crippen molar-refractivity contribution >= 4 is 20.4 Å². The summed E-state index contributed by atoms with van der Waals surface area (Å²) < 4.78 is 11.9. The van der Waals surface area contributed by atoms with Gasteiger partial charge in [0.05, 0.1) is 19.0 Å². The van der Waals surface area contributed by atoms with Gasteiger partial charge in [-0.2, -0.15) is 0 Å². The van der Waals surface area contributed by atoms with Crippen LogP contribution in [0.25, 0.3) is 0 Å². The largest absolute Gasteiger partial charge is 0.494 e. The second-order valence-corrected chi connectivity index (χ2v) is 5.53. The van der Waals surface area contributed by atoms with Gasteiger partial charge in [0, 0.05) is 0 Å². The van der Waals surface area contributed by atoms with Gasteiger partial charge in [-0.15, -0.1) is 0 Å². The molecule has 0 spiro atoms. The average molecular weight is 228 g/mol. The van der Waals surface area contributed by atoms with Gasteiger partial charge in [-0.3, -0.25) is 0 Å². The van der Waals surface area contributed by atoms with Crippen LogP contribution in [0.4, 0.5) is 0 Å². The van der Waals surface area contributed by atoms with Gasteiger partial charge < -0.3 is 9.31 Å². The van der Waals surface area contributed by atoms with Crippen molar-refractivity contribution in [2.75, 3.05) is 0 Å². The molecule has 1 aromatic carbocycles. The molecule has 4 heteroatoms. The molecule has 0 N–H and O–H groups in total. The summed E-state index contributed by atoms with van der Waals surface area (Å²) >= 11 is 0. The van der Waals surface area contributed by atoms with Gasteiger partial charge in [0.2, 0.25) is 0 Å². The van der Waals surface area contributed by atoms with Crippen LogP contribution in [0.1, 0.15) is 33.3 Å². The molecule has 1 fully saturated rings. The second-order valence-electron chi connectivity index (χ2n) is 5.53. The van der Waals surface area contributed by atoms with Crippen LogP contribution in [-0.2, 0) is 15.6 Å². The average Bonchev–Trinajstić information content (AvgIpc) is 2.48. The minimum absolute atomic E-state index is 0.285. The van der Waals surface area contributed by atoms with E-state index in [1.165, 1.54) is 0 Å². The van der Waals surface area contributed by atoms with E-state index in [1.54, 1.807) is 0 Å². The van der Waals surface area contributed by atoms with E-state index in [0.717, 1.165) is 11.0 Å². The van der Waals surface area contributed by atoms with Crippen LogP contribution in [-0.4, -0.2) is 26.2 Å². The third-order valence-electron chi connectivity index (χ3n) is 3.74. The van der Waals surface area contributed by atoms with Gasteiger partial charge in [0.1, 0.15) is 0 Å². The van der Waals surface area contributed by atoms with Crippen molar-refractivity contribution in [2.24, 2.45) is 0 Å². The second kappa shape index (κ2) is 4.18. The van der Waals surface area contributed by atoms with E-state index >= 15 is 0 Å². The summed E-state index contributed by atoms with van der Waals surface area (Å²) in [6, 6.07) is 8.06. The fourth-order valence-electron chi connectivity index (χ4n) is 1.79. The number of rotatable bonds is 2. The van der Waals surface area contributed by atoms with Gasteiger partial charge in [0.25, 0.3) is 0 Å². The van der Waals surface area contributed by atoms with Crippen molar-refractivity contribution in [1.29, 1.82) is 0 Å². The predicted molar refractivity (Wildman–Crippen MR) is 71.6 cm³/mol. The number of benzene rings is 1. The minimum Gasteiger partial charge on any atom is -0.399 e. The first-order valence-electron chi connectivity index (χ1n) is 6.00. The Kier molecular flexibility index (Phi) is 3.13. The summed E-state index contributed by atoms with van der Waals surface area (Å²) in [7, 11) is 5.29. The lowest BCUT2D eigenvalue weighted by Crippen LogP contribution is -2.41. The van der Waals surface area contributed by atoms with Crippen molar-refractivity contribution in [2.45, 2.75) is 45.2 Å². The number of hydrogen-bond acceptors (Lipinski definition) is 2. The maximum absolute atomic E-state index is 5.97. The minimum atomic E-state index is -0.287. The van der Waals surface area contributed by atoms with Crippen molar-refractivity contribution in [1.82, 2.24) is 0 Å². The van der Waals surface area contributed by atoms with Crippen LogP contribution in [0.3, 0.4) is 0 Å². The summed E-state index contributed by atoms with van der Waals surface area (Å²) in [4.78, 5) is 0. The van der Waals surface area contributed by atoms with Gasteiger partial charge >= 0.3 is 7.12 Å². The first-order valence-corrected chi connectivity index (χ1v) is 6.00. The van der Waals surface area contributed by atoms with Crippen LogP contribution in [0.5, 0.6) is 0 Å². The highest BCUT2D eigenvalue weighted by atomic mass is 16.7. The summed E-state index contributed by atoms with van der Waals surface area (Å²) in [5, 5.41) is 0. The fourth-order valence-corrected chi connectivity index (χ4v) is 1.79.